The van der Waals surface area contributed by atoms with E-state index in [1.54, 1.807) is 0 Å². The zero-order valence-corrected chi connectivity index (χ0v) is 11.2. The number of nitrogens with zero attached hydrogens (tertiary/aromatic N) is 1. The van der Waals surface area contributed by atoms with Gasteiger partial charge in [-0.1, -0.05) is 31.0 Å². The highest BCUT2D eigenvalue weighted by Gasteiger charge is 2.44. The molecular weight excluding hydrogens is 222 g/mol. The van der Waals surface area contributed by atoms with Crippen LogP contribution in [0, 0.1) is 5.92 Å². The van der Waals surface area contributed by atoms with E-state index < -0.39 is 0 Å². The van der Waals surface area contributed by atoms with Crippen molar-refractivity contribution >= 4 is 5.90 Å². The molecule has 1 heterocycles. The third kappa shape index (κ3) is 1.94. The van der Waals surface area contributed by atoms with Crippen molar-refractivity contribution in [1.82, 2.24) is 0 Å². The maximum Gasteiger partial charge on any atom is 0.216 e. The summed E-state index contributed by atoms with van der Waals surface area (Å²) in [5.74, 6) is 1.42. The molecule has 3 atom stereocenters. The predicted molar refractivity (Wildman–Crippen MR) is 73.9 cm³/mol. The normalized spacial score (nSPS) is 35.3. The molecule has 0 aromatic heterocycles. The smallest absolute Gasteiger partial charge is 0.216 e. The van der Waals surface area contributed by atoms with Crippen LogP contribution in [0.2, 0.25) is 0 Å². The molecule has 1 aromatic rings. The fraction of sp³-hybridized carbons (Fsp3) is 0.562. The number of ether oxygens (including phenoxy) is 1. The zero-order chi connectivity index (χ0) is 12.6. The van der Waals surface area contributed by atoms with Gasteiger partial charge in [-0.05, 0) is 38.8 Å². The monoisotopic (exact) mass is 243 g/mol. The van der Waals surface area contributed by atoms with Crippen molar-refractivity contribution < 1.29 is 4.74 Å². The molecule has 0 spiro atoms. The fourth-order valence-corrected chi connectivity index (χ4v) is 3.45. The van der Waals surface area contributed by atoms with E-state index in [-0.39, 0.29) is 11.6 Å². The molecule has 3 rings (SSSR count). The van der Waals surface area contributed by atoms with Gasteiger partial charge in [0, 0.05) is 11.5 Å². The Morgan fingerprint density at radius 3 is 2.78 bits per heavy atom. The van der Waals surface area contributed by atoms with Crippen molar-refractivity contribution in [3.8, 4) is 0 Å². The van der Waals surface area contributed by atoms with Crippen LogP contribution in [-0.2, 0) is 4.74 Å². The Morgan fingerprint density at radius 2 is 2.00 bits per heavy atom. The lowest BCUT2D eigenvalue weighted by atomic mass is 9.71. The predicted octanol–water partition coefficient (Wildman–Crippen LogP) is 3.80. The first kappa shape index (κ1) is 11.8. The van der Waals surface area contributed by atoms with E-state index in [0.29, 0.717) is 5.92 Å². The maximum absolute atomic E-state index is 6.06. The van der Waals surface area contributed by atoms with Gasteiger partial charge in [0.15, 0.2) is 0 Å². The van der Waals surface area contributed by atoms with Crippen LogP contribution < -0.4 is 0 Å². The second-order valence-corrected chi connectivity index (χ2v) is 5.82. The van der Waals surface area contributed by atoms with Gasteiger partial charge in [0.25, 0.3) is 0 Å². The second-order valence-electron chi connectivity index (χ2n) is 5.82. The SMILES string of the molecule is C[C@@H]1OC(c2ccccc2)=N[C@@]2(C)CCCC[C@@H]12. The lowest BCUT2D eigenvalue weighted by Crippen LogP contribution is -2.48. The Bertz CT molecular complexity index is 453. The molecule has 0 N–H and O–H groups in total. The summed E-state index contributed by atoms with van der Waals surface area (Å²) >= 11 is 0. The van der Waals surface area contributed by atoms with Gasteiger partial charge in [0.1, 0.15) is 6.10 Å². The molecule has 0 saturated heterocycles. The van der Waals surface area contributed by atoms with Crippen molar-refractivity contribution in [1.29, 1.82) is 0 Å². The molecule has 0 radical (unpaired) electrons. The number of aliphatic imine (C=N–C) groups is 1. The largest absolute Gasteiger partial charge is 0.474 e. The van der Waals surface area contributed by atoms with Crippen LogP contribution in [0.1, 0.15) is 45.1 Å². The summed E-state index contributed by atoms with van der Waals surface area (Å²) in [6.45, 7) is 4.50. The standard InChI is InChI=1S/C16H21NO/c1-12-14-10-6-7-11-16(14,2)17-15(18-12)13-8-4-3-5-9-13/h3-5,8-9,12,14H,6-7,10-11H2,1-2H3/t12-,14-,16-/m0/s1. The lowest BCUT2D eigenvalue weighted by molar-refractivity contribution is 0.0383. The zero-order valence-electron chi connectivity index (χ0n) is 11.2. The Hall–Kier alpha value is -1.31. The summed E-state index contributed by atoms with van der Waals surface area (Å²) in [6, 6.07) is 10.3. The van der Waals surface area contributed by atoms with E-state index in [2.05, 4.69) is 26.0 Å². The first-order chi connectivity index (χ1) is 8.69. The third-order valence-corrected chi connectivity index (χ3v) is 4.49. The second kappa shape index (κ2) is 4.42. The molecule has 1 saturated carbocycles. The minimum Gasteiger partial charge on any atom is -0.474 e. The Balaban J connectivity index is 1.97. The summed E-state index contributed by atoms with van der Waals surface area (Å²) in [7, 11) is 0. The molecule has 0 amide bonds. The van der Waals surface area contributed by atoms with Crippen LogP contribution in [0.3, 0.4) is 0 Å². The van der Waals surface area contributed by atoms with Crippen molar-refractivity contribution in [3.63, 3.8) is 0 Å². The van der Waals surface area contributed by atoms with Crippen LogP contribution >= 0.6 is 0 Å². The van der Waals surface area contributed by atoms with Crippen LogP contribution in [0.5, 0.6) is 0 Å². The lowest BCUT2D eigenvalue weighted by Gasteiger charge is -2.45. The Morgan fingerprint density at radius 1 is 1.22 bits per heavy atom. The van der Waals surface area contributed by atoms with Crippen molar-refractivity contribution in [3.05, 3.63) is 35.9 Å². The summed E-state index contributed by atoms with van der Waals surface area (Å²) in [6.07, 6.45) is 5.35. The number of benzene rings is 1. The van der Waals surface area contributed by atoms with Crippen molar-refractivity contribution in [2.24, 2.45) is 10.9 Å². The van der Waals surface area contributed by atoms with Gasteiger partial charge in [-0.25, -0.2) is 4.99 Å². The molecule has 96 valence electrons. The third-order valence-electron chi connectivity index (χ3n) is 4.49. The van der Waals surface area contributed by atoms with Crippen molar-refractivity contribution in [2.45, 2.75) is 51.2 Å². The van der Waals surface area contributed by atoms with E-state index in [9.17, 15) is 0 Å². The van der Waals surface area contributed by atoms with Gasteiger partial charge in [0.2, 0.25) is 5.90 Å². The average Bonchev–Trinajstić information content (AvgIpc) is 2.39. The van der Waals surface area contributed by atoms with Crippen LogP contribution in [-0.4, -0.2) is 17.5 Å². The van der Waals surface area contributed by atoms with Gasteiger partial charge >= 0.3 is 0 Å². The molecule has 1 fully saturated rings. The quantitative estimate of drug-likeness (QED) is 0.735. The van der Waals surface area contributed by atoms with Gasteiger partial charge < -0.3 is 4.74 Å². The summed E-state index contributed by atoms with van der Waals surface area (Å²) in [4.78, 5) is 4.95. The van der Waals surface area contributed by atoms with Crippen LogP contribution in [0.25, 0.3) is 0 Å². The highest BCUT2D eigenvalue weighted by molar-refractivity contribution is 5.94. The van der Waals surface area contributed by atoms with Gasteiger partial charge in [-0.15, -0.1) is 0 Å². The highest BCUT2D eigenvalue weighted by Crippen LogP contribution is 2.42. The van der Waals surface area contributed by atoms with E-state index in [0.717, 1.165) is 11.5 Å². The fourth-order valence-electron chi connectivity index (χ4n) is 3.45. The molecule has 0 unspecified atom stereocenters. The van der Waals surface area contributed by atoms with E-state index >= 15 is 0 Å². The topological polar surface area (TPSA) is 21.6 Å². The van der Waals surface area contributed by atoms with Crippen molar-refractivity contribution in [2.75, 3.05) is 0 Å². The minimum atomic E-state index is 0.0844. The molecule has 18 heavy (non-hydrogen) atoms. The van der Waals surface area contributed by atoms with Gasteiger partial charge in [-0.3, -0.25) is 0 Å². The minimum absolute atomic E-state index is 0.0844. The first-order valence-electron chi connectivity index (χ1n) is 7.01. The Labute approximate surface area is 109 Å². The molecular formula is C16H21NO. The maximum atomic E-state index is 6.06. The van der Waals surface area contributed by atoms with Gasteiger partial charge in [0.05, 0.1) is 5.54 Å². The number of hydrogen-bond acceptors (Lipinski definition) is 2. The highest BCUT2D eigenvalue weighted by atomic mass is 16.5. The number of hydrogen-bond donors (Lipinski definition) is 0. The van der Waals surface area contributed by atoms with Gasteiger partial charge in [-0.2, -0.15) is 0 Å². The number of rotatable bonds is 1. The molecule has 2 heteroatoms. The van der Waals surface area contributed by atoms with E-state index in [1.807, 2.05) is 18.2 Å². The number of fused-ring (bicyclic) bond motifs is 1. The molecule has 0 bridgehead atoms. The van der Waals surface area contributed by atoms with Crippen LogP contribution in [0.4, 0.5) is 0 Å². The molecule has 2 aliphatic rings. The molecule has 1 aliphatic heterocycles. The first-order valence-corrected chi connectivity index (χ1v) is 7.01. The summed E-state index contributed by atoms with van der Waals surface area (Å²) in [5.41, 5.74) is 1.19. The van der Waals surface area contributed by atoms with Crippen LogP contribution in [0.15, 0.2) is 35.3 Å². The van der Waals surface area contributed by atoms with E-state index in [4.69, 9.17) is 9.73 Å². The summed E-state index contributed by atoms with van der Waals surface area (Å²) in [5, 5.41) is 0. The molecule has 2 nitrogen and oxygen atoms in total. The average molecular weight is 243 g/mol. The molecule has 1 aliphatic carbocycles. The Kier molecular flexibility index (Phi) is 2.89. The summed E-state index contributed by atoms with van der Waals surface area (Å²) < 4.78 is 6.06. The van der Waals surface area contributed by atoms with E-state index in [1.165, 1.54) is 25.7 Å². The molecule has 1 aromatic carbocycles.